The second kappa shape index (κ2) is 8.17. The molecule has 5 heteroatoms. The summed E-state index contributed by atoms with van der Waals surface area (Å²) in [6, 6.07) is 5.96. The molecule has 0 radical (unpaired) electrons. The van der Waals surface area contributed by atoms with Crippen molar-refractivity contribution in [2.24, 2.45) is 5.92 Å². The number of nitrogens with one attached hydrogen (secondary N) is 1. The van der Waals surface area contributed by atoms with E-state index in [1.54, 1.807) is 7.11 Å². The Morgan fingerprint density at radius 1 is 1.53 bits per heavy atom. The lowest BCUT2D eigenvalue weighted by molar-refractivity contribution is -0.141. The van der Waals surface area contributed by atoms with Crippen LogP contribution in [0.5, 0.6) is 5.75 Å². The van der Waals surface area contributed by atoms with Crippen molar-refractivity contribution in [2.45, 2.75) is 19.8 Å². The lowest BCUT2D eigenvalue weighted by atomic mass is 10.1. The zero-order valence-corrected chi connectivity index (χ0v) is 12.9. The van der Waals surface area contributed by atoms with Crippen LogP contribution in [0.1, 0.15) is 18.9 Å². The van der Waals surface area contributed by atoms with Crippen molar-refractivity contribution in [2.75, 3.05) is 20.2 Å². The molecule has 0 heterocycles. The summed E-state index contributed by atoms with van der Waals surface area (Å²) in [5, 5.41) is 12.1. The van der Waals surface area contributed by atoms with Gasteiger partial charge in [0.2, 0.25) is 0 Å². The van der Waals surface area contributed by atoms with Crippen LogP contribution in [0.2, 0.25) is 0 Å². The van der Waals surface area contributed by atoms with Crippen molar-refractivity contribution in [1.82, 2.24) is 5.32 Å². The summed E-state index contributed by atoms with van der Waals surface area (Å²) in [7, 11) is 1.64. The fraction of sp³-hybridized carbons (Fsp3) is 0.500. The standard InChI is InChI=1S/C14H20BrNO3/c1-3-11(14(17)18)9-16-7-6-10-4-5-13(19-2)12(15)8-10/h4-5,8,11,16H,3,6-7,9H2,1-2H3,(H,17,18). The van der Waals surface area contributed by atoms with Crippen LogP contribution in [-0.2, 0) is 11.2 Å². The van der Waals surface area contributed by atoms with Crippen molar-refractivity contribution in [1.29, 1.82) is 0 Å². The topological polar surface area (TPSA) is 58.6 Å². The Kier molecular flexibility index (Phi) is 6.87. The molecule has 0 aliphatic rings. The highest BCUT2D eigenvalue weighted by atomic mass is 79.9. The molecule has 0 aliphatic carbocycles. The first-order valence-electron chi connectivity index (χ1n) is 6.34. The second-order valence-electron chi connectivity index (χ2n) is 4.37. The van der Waals surface area contributed by atoms with E-state index in [4.69, 9.17) is 9.84 Å². The smallest absolute Gasteiger partial charge is 0.307 e. The van der Waals surface area contributed by atoms with Crippen LogP contribution in [0, 0.1) is 5.92 Å². The molecule has 19 heavy (non-hydrogen) atoms. The third-order valence-electron chi connectivity index (χ3n) is 3.04. The molecule has 1 aromatic carbocycles. The van der Waals surface area contributed by atoms with Crippen LogP contribution in [0.4, 0.5) is 0 Å². The van der Waals surface area contributed by atoms with E-state index in [1.807, 2.05) is 25.1 Å². The molecule has 0 amide bonds. The monoisotopic (exact) mass is 329 g/mol. The highest BCUT2D eigenvalue weighted by Gasteiger charge is 2.13. The molecule has 2 N–H and O–H groups in total. The molecule has 0 bridgehead atoms. The van der Waals surface area contributed by atoms with Crippen LogP contribution in [0.3, 0.4) is 0 Å². The van der Waals surface area contributed by atoms with E-state index in [2.05, 4.69) is 21.2 Å². The average molecular weight is 330 g/mol. The Hall–Kier alpha value is -1.07. The molecular weight excluding hydrogens is 310 g/mol. The summed E-state index contributed by atoms with van der Waals surface area (Å²) in [4.78, 5) is 10.8. The number of benzene rings is 1. The molecule has 0 spiro atoms. The maximum atomic E-state index is 10.8. The largest absolute Gasteiger partial charge is 0.496 e. The summed E-state index contributed by atoms with van der Waals surface area (Å²) in [6.45, 7) is 3.17. The van der Waals surface area contributed by atoms with Gasteiger partial charge < -0.3 is 15.2 Å². The molecule has 0 aliphatic heterocycles. The minimum absolute atomic E-state index is 0.303. The second-order valence-corrected chi connectivity index (χ2v) is 5.22. The van der Waals surface area contributed by atoms with Crippen LogP contribution in [0.15, 0.2) is 22.7 Å². The summed E-state index contributed by atoms with van der Waals surface area (Å²) >= 11 is 3.45. The number of methoxy groups -OCH3 is 1. The van der Waals surface area contributed by atoms with Crippen molar-refractivity contribution in [3.63, 3.8) is 0 Å². The molecule has 1 unspecified atom stereocenters. The molecule has 0 saturated heterocycles. The van der Waals surface area contributed by atoms with Gasteiger partial charge in [-0.25, -0.2) is 0 Å². The summed E-state index contributed by atoms with van der Waals surface area (Å²) in [6.07, 6.45) is 1.51. The number of carboxylic acids is 1. The Balaban J connectivity index is 2.37. The van der Waals surface area contributed by atoms with E-state index in [1.165, 1.54) is 5.56 Å². The van der Waals surface area contributed by atoms with E-state index in [0.717, 1.165) is 23.2 Å². The molecule has 0 aromatic heterocycles. The first-order chi connectivity index (χ1) is 9.08. The van der Waals surface area contributed by atoms with Gasteiger partial charge in [0.1, 0.15) is 5.75 Å². The molecule has 0 saturated carbocycles. The lowest BCUT2D eigenvalue weighted by Crippen LogP contribution is -2.29. The van der Waals surface area contributed by atoms with E-state index in [0.29, 0.717) is 13.0 Å². The minimum atomic E-state index is -0.734. The van der Waals surface area contributed by atoms with E-state index in [9.17, 15) is 4.79 Å². The van der Waals surface area contributed by atoms with Gasteiger partial charge in [-0.15, -0.1) is 0 Å². The third-order valence-corrected chi connectivity index (χ3v) is 3.66. The van der Waals surface area contributed by atoms with E-state index < -0.39 is 5.97 Å². The van der Waals surface area contributed by atoms with Crippen molar-refractivity contribution >= 4 is 21.9 Å². The van der Waals surface area contributed by atoms with Crippen LogP contribution in [0.25, 0.3) is 0 Å². The number of halogens is 1. The normalized spacial score (nSPS) is 12.2. The number of carboxylic acid groups (broad SMARTS) is 1. The van der Waals surface area contributed by atoms with Gasteiger partial charge >= 0.3 is 5.97 Å². The molecule has 106 valence electrons. The van der Waals surface area contributed by atoms with Crippen LogP contribution < -0.4 is 10.1 Å². The van der Waals surface area contributed by atoms with Crippen molar-refractivity contribution in [3.05, 3.63) is 28.2 Å². The molecule has 4 nitrogen and oxygen atoms in total. The minimum Gasteiger partial charge on any atom is -0.496 e. The first-order valence-corrected chi connectivity index (χ1v) is 7.13. The van der Waals surface area contributed by atoms with Gasteiger partial charge in [0, 0.05) is 6.54 Å². The van der Waals surface area contributed by atoms with Crippen molar-refractivity contribution in [3.8, 4) is 5.75 Å². The molecular formula is C14H20BrNO3. The SMILES string of the molecule is CCC(CNCCc1ccc(OC)c(Br)c1)C(=O)O. The maximum absolute atomic E-state index is 10.8. The fourth-order valence-electron chi connectivity index (χ4n) is 1.78. The highest BCUT2D eigenvalue weighted by Crippen LogP contribution is 2.25. The lowest BCUT2D eigenvalue weighted by Gasteiger charge is -2.11. The Bertz CT molecular complexity index is 423. The fourth-order valence-corrected chi connectivity index (χ4v) is 2.37. The van der Waals surface area contributed by atoms with Gasteiger partial charge in [-0.3, -0.25) is 4.79 Å². The Labute approximate surface area is 122 Å². The summed E-state index contributed by atoms with van der Waals surface area (Å²) in [5.41, 5.74) is 1.18. The Morgan fingerprint density at radius 2 is 2.26 bits per heavy atom. The predicted molar refractivity (Wildman–Crippen MR) is 78.7 cm³/mol. The number of rotatable bonds is 8. The predicted octanol–water partition coefficient (Wildman–Crippen LogP) is 2.70. The zero-order chi connectivity index (χ0) is 14.3. The highest BCUT2D eigenvalue weighted by molar-refractivity contribution is 9.10. The number of aliphatic carboxylic acids is 1. The van der Waals surface area contributed by atoms with Crippen LogP contribution >= 0.6 is 15.9 Å². The summed E-state index contributed by atoms with van der Waals surface area (Å²) < 4.78 is 6.10. The van der Waals surface area contributed by atoms with Gasteiger partial charge in [-0.2, -0.15) is 0 Å². The molecule has 0 fully saturated rings. The van der Waals surface area contributed by atoms with Crippen molar-refractivity contribution < 1.29 is 14.6 Å². The van der Waals surface area contributed by atoms with E-state index in [-0.39, 0.29) is 5.92 Å². The quantitative estimate of drug-likeness (QED) is 0.720. The molecule has 1 atom stereocenters. The maximum Gasteiger partial charge on any atom is 0.307 e. The summed E-state index contributed by atoms with van der Waals surface area (Å²) in [5.74, 6) is -0.224. The van der Waals surface area contributed by atoms with Gasteiger partial charge in [-0.05, 0) is 53.0 Å². The van der Waals surface area contributed by atoms with Crippen LogP contribution in [-0.4, -0.2) is 31.3 Å². The first kappa shape index (κ1) is 16.0. The number of ether oxygens (including phenoxy) is 1. The molecule has 1 aromatic rings. The van der Waals surface area contributed by atoms with Gasteiger partial charge in [0.25, 0.3) is 0 Å². The zero-order valence-electron chi connectivity index (χ0n) is 11.3. The van der Waals surface area contributed by atoms with Gasteiger partial charge in [-0.1, -0.05) is 13.0 Å². The van der Waals surface area contributed by atoms with E-state index >= 15 is 0 Å². The number of hydrogen-bond acceptors (Lipinski definition) is 3. The average Bonchev–Trinajstić information content (AvgIpc) is 2.38. The third kappa shape index (κ3) is 5.20. The van der Waals surface area contributed by atoms with Gasteiger partial charge in [0.15, 0.2) is 0 Å². The Morgan fingerprint density at radius 3 is 2.79 bits per heavy atom. The molecule has 1 rings (SSSR count). The number of carbonyl (C=O) groups is 1. The number of hydrogen-bond donors (Lipinski definition) is 2. The van der Waals surface area contributed by atoms with Gasteiger partial charge in [0.05, 0.1) is 17.5 Å².